The molecule has 11 heteroatoms. The lowest BCUT2D eigenvalue weighted by molar-refractivity contribution is -0.132. The molecule has 0 bridgehead atoms. The van der Waals surface area contributed by atoms with Crippen molar-refractivity contribution in [3.05, 3.63) is 65.0 Å². The highest BCUT2D eigenvalue weighted by Gasteiger charge is 2.26. The fraction of sp³-hybridized carbons (Fsp3) is 0.273. The van der Waals surface area contributed by atoms with Crippen LogP contribution in [0.5, 0.6) is 0 Å². The van der Waals surface area contributed by atoms with Gasteiger partial charge in [0.05, 0.1) is 40.2 Å². The molecule has 0 saturated heterocycles. The molecule has 0 N–H and O–H groups in total. The fourth-order valence-corrected chi connectivity index (χ4v) is 4.38. The fourth-order valence-electron chi connectivity index (χ4n) is 3.04. The van der Waals surface area contributed by atoms with Crippen LogP contribution in [-0.2, 0) is 21.4 Å². The van der Waals surface area contributed by atoms with Crippen LogP contribution in [0.3, 0.4) is 0 Å². The Morgan fingerprint density at radius 3 is 2.48 bits per heavy atom. The van der Waals surface area contributed by atoms with E-state index in [2.05, 4.69) is 10.2 Å². The molecule has 9 nitrogen and oxygen atoms in total. The Hall–Kier alpha value is -3.26. The molecule has 0 atom stereocenters. The Kier molecular flexibility index (Phi) is 7.81. The third-order valence-corrected chi connectivity index (χ3v) is 6.94. The number of hydrogen-bond acceptors (Lipinski definition) is 7. The molecule has 0 aliphatic heterocycles. The lowest BCUT2D eigenvalue weighted by Gasteiger charge is -2.24. The highest BCUT2D eigenvalue weighted by atomic mass is 35.5. The molecule has 0 aliphatic carbocycles. The first-order valence-corrected chi connectivity index (χ1v) is 11.9. The average Bonchev–Trinajstić information content (AvgIpc) is 3.27. The highest BCUT2D eigenvalue weighted by Crippen LogP contribution is 2.26. The molecule has 0 aliphatic rings. The molecular formula is C22H22ClN5O4S. The van der Waals surface area contributed by atoms with Crippen LogP contribution >= 0.6 is 11.6 Å². The normalized spacial score (nSPS) is 11.4. The molecule has 1 heterocycles. The molecule has 0 unspecified atom stereocenters. The van der Waals surface area contributed by atoms with Gasteiger partial charge in [0.25, 0.3) is 0 Å². The predicted octanol–water partition coefficient (Wildman–Crippen LogP) is 3.32. The van der Waals surface area contributed by atoms with Crippen LogP contribution in [0, 0.1) is 11.3 Å². The molecule has 1 amide bonds. The van der Waals surface area contributed by atoms with Gasteiger partial charge >= 0.3 is 0 Å². The molecular weight excluding hydrogens is 466 g/mol. The molecule has 0 saturated carbocycles. The number of halogens is 1. The summed E-state index contributed by atoms with van der Waals surface area (Å²) in [6.45, 7) is 1.95. The molecule has 0 spiro atoms. The van der Waals surface area contributed by atoms with Gasteiger partial charge in [-0.3, -0.25) is 4.79 Å². The zero-order valence-corrected chi connectivity index (χ0v) is 19.7. The van der Waals surface area contributed by atoms with Crippen molar-refractivity contribution in [2.75, 3.05) is 20.1 Å². The molecule has 0 radical (unpaired) electrons. The third-order valence-electron chi connectivity index (χ3n) is 4.79. The van der Waals surface area contributed by atoms with Crippen molar-refractivity contribution in [3.8, 4) is 17.5 Å². The Morgan fingerprint density at radius 2 is 1.85 bits per heavy atom. The van der Waals surface area contributed by atoms with Gasteiger partial charge in [0.2, 0.25) is 27.7 Å². The van der Waals surface area contributed by atoms with Gasteiger partial charge in [-0.15, -0.1) is 10.2 Å². The van der Waals surface area contributed by atoms with Crippen LogP contribution in [0.2, 0.25) is 5.02 Å². The van der Waals surface area contributed by atoms with Gasteiger partial charge in [-0.05, 0) is 42.8 Å². The van der Waals surface area contributed by atoms with Crippen molar-refractivity contribution in [2.45, 2.75) is 24.8 Å². The molecule has 2 aromatic carbocycles. The average molecular weight is 488 g/mol. The summed E-state index contributed by atoms with van der Waals surface area (Å²) in [4.78, 5) is 14.4. The number of sulfonamides is 1. The van der Waals surface area contributed by atoms with E-state index in [9.17, 15) is 13.2 Å². The number of amides is 1. The van der Waals surface area contributed by atoms with E-state index in [0.717, 1.165) is 4.31 Å². The molecule has 3 aromatic rings. The predicted molar refractivity (Wildman–Crippen MR) is 121 cm³/mol. The number of rotatable bonds is 9. The van der Waals surface area contributed by atoms with Gasteiger partial charge in [-0.2, -0.15) is 9.57 Å². The molecule has 33 heavy (non-hydrogen) atoms. The van der Waals surface area contributed by atoms with E-state index in [0.29, 0.717) is 29.1 Å². The summed E-state index contributed by atoms with van der Waals surface area (Å²) < 4.78 is 32.3. The maximum absolute atomic E-state index is 12.9. The second-order valence-electron chi connectivity index (χ2n) is 7.19. The van der Waals surface area contributed by atoms with E-state index in [1.807, 2.05) is 13.0 Å². The van der Waals surface area contributed by atoms with Crippen molar-refractivity contribution < 1.29 is 17.6 Å². The summed E-state index contributed by atoms with van der Waals surface area (Å²) in [6.07, 6.45) is 0.656. The number of aromatic nitrogens is 2. The summed E-state index contributed by atoms with van der Waals surface area (Å²) in [5.74, 6) is 0.0402. The number of benzene rings is 2. The number of nitriles is 1. The second kappa shape index (κ2) is 10.6. The Balaban J connectivity index is 1.72. The van der Waals surface area contributed by atoms with Crippen molar-refractivity contribution in [2.24, 2.45) is 0 Å². The van der Waals surface area contributed by atoms with Crippen molar-refractivity contribution in [1.29, 1.82) is 5.26 Å². The summed E-state index contributed by atoms with van der Waals surface area (Å²) in [6, 6.07) is 14.5. The van der Waals surface area contributed by atoms with Gasteiger partial charge in [0.1, 0.15) is 0 Å². The lowest BCUT2D eigenvalue weighted by atomic mass is 10.2. The van der Waals surface area contributed by atoms with Crippen molar-refractivity contribution >= 4 is 27.5 Å². The van der Waals surface area contributed by atoms with Gasteiger partial charge < -0.3 is 9.32 Å². The number of hydrogen-bond donors (Lipinski definition) is 0. The first-order chi connectivity index (χ1) is 15.8. The van der Waals surface area contributed by atoms with E-state index in [1.54, 1.807) is 24.3 Å². The van der Waals surface area contributed by atoms with E-state index < -0.39 is 15.9 Å². The SMILES string of the molecule is CCCN(Cc1nnc(-c2ccccc2Cl)o1)C(=O)CN(C)S(=O)(=O)c1ccc(C#N)cc1. The number of carbonyl (C=O) groups excluding carboxylic acids is 1. The highest BCUT2D eigenvalue weighted by molar-refractivity contribution is 7.89. The number of likely N-dealkylation sites (N-methyl/N-ethyl adjacent to an activating group) is 1. The second-order valence-corrected chi connectivity index (χ2v) is 9.65. The van der Waals surface area contributed by atoms with E-state index in [-0.39, 0.29) is 29.8 Å². The third kappa shape index (κ3) is 5.76. The van der Waals surface area contributed by atoms with Crippen LogP contribution in [0.4, 0.5) is 0 Å². The van der Waals surface area contributed by atoms with Gasteiger partial charge in [-0.1, -0.05) is 30.7 Å². The minimum atomic E-state index is -3.91. The minimum absolute atomic E-state index is 0.000115. The van der Waals surface area contributed by atoms with Crippen LogP contribution in [0.15, 0.2) is 57.8 Å². The molecule has 3 rings (SSSR count). The van der Waals surface area contributed by atoms with E-state index in [4.69, 9.17) is 21.3 Å². The first kappa shape index (κ1) is 24.4. The molecule has 172 valence electrons. The summed E-state index contributed by atoms with van der Waals surface area (Å²) in [5.41, 5.74) is 0.928. The Bertz CT molecular complexity index is 1270. The maximum atomic E-state index is 12.9. The minimum Gasteiger partial charge on any atom is -0.419 e. The van der Waals surface area contributed by atoms with Crippen molar-refractivity contribution in [1.82, 2.24) is 19.4 Å². The van der Waals surface area contributed by atoms with Crippen LogP contribution in [0.1, 0.15) is 24.8 Å². The topological polar surface area (TPSA) is 120 Å². The standard InChI is InChI=1S/C22H22ClN5O4S/c1-3-12-28(14-20-25-26-22(32-20)18-6-4-5-7-19(18)23)21(29)15-27(2)33(30,31)17-10-8-16(13-24)9-11-17/h4-11H,3,12,14-15H2,1-2H3. The van der Waals surface area contributed by atoms with Gasteiger partial charge in [-0.25, -0.2) is 8.42 Å². The van der Waals surface area contributed by atoms with Crippen LogP contribution < -0.4 is 0 Å². The summed E-state index contributed by atoms with van der Waals surface area (Å²) >= 11 is 6.17. The lowest BCUT2D eigenvalue weighted by Crippen LogP contribution is -2.41. The monoisotopic (exact) mass is 487 g/mol. The molecule has 1 aromatic heterocycles. The van der Waals surface area contributed by atoms with Gasteiger partial charge in [0.15, 0.2) is 0 Å². The Labute approximate surface area is 197 Å². The van der Waals surface area contributed by atoms with Crippen molar-refractivity contribution in [3.63, 3.8) is 0 Å². The quantitative estimate of drug-likeness (QED) is 0.454. The maximum Gasteiger partial charge on any atom is 0.249 e. The molecule has 0 fully saturated rings. The summed E-state index contributed by atoms with van der Waals surface area (Å²) in [7, 11) is -2.58. The van der Waals surface area contributed by atoms with Crippen LogP contribution in [0.25, 0.3) is 11.5 Å². The zero-order chi connectivity index (χ0) is 24.0. The first-order valence-electron chi connectivity index (χ1n) is 10.1. The van der Waals surface area contributed by atoms with Crippen LogP contribution in [-0.4, -0.2) is 53.9 Å². The number of carbonyl (C=O) groups is 1. The number of nitrogens with zero attached hydrogens (tertiary/aromatic N) is 5. The largest absolute Gasteiger partial charge is 0.419 e. The smallest absolute Gasteiger partial charge is 0.249 e. The van der Waals surface area contributed by atoms with E-state index >= 15 is 0 Å². The zero-order valence-electron chi connectivity index (χ0n) is 18.1. The summed E-state index contributed by atoms with van der Waals surface area (Å²) in [5, 5.41) is 17.4. The van der Waals surface area contributed by atoms with Gasteiger partial charge in [0, 0.05) is 13.6 Å². The van der Waals surface area contributed by atoms with E-state index in [1.165, 1.54) is 36.2 Å². The Morgan fingerprint density at radius 1 is 1.15 bits per heavy atom.